The van der Waals surface area contributed by atoms with E-state index in [1.54, 1.807) is 12.1 Å². The lowest BCUT2D eigenvalue weighted by Gasteiger charge is -2.31. The van der Waals surface area contributed by atoms with E-state index in [1.807, 2.05) is 6.07 Å². The number of nitrogens with one attached hydrogen (secondary N) is 1. The van der Waals surface area contributed by atoms with Gasteiger partial charge in [-0.1, -0.05) is 17.5 Å². The lowest BCUT2D eigenvalue weighted by Crippen LogP contribution is -2.39. The number of likely N-dealkylation sites (tertiary alicyclic amines) is 1. The second-order valence-electron chi connectivity index (χ2n) is 4.71. The standard InChI is InChI=1S/C15H16ClN3/c1-2-7-19-8-5-13(6-9-19)18-15-4-3-12(11-17)10-14(15)16/h1,3-4,10,13,18H,5-9H2. The molecule has 0 aromatic heterocycles. The summed E-state index contributed by atoms with van der Waals surface area (Å²) >= 11 is 6.16. The molecule has 0 aliphatic carbocycles. The fourth-order valence-corrected chi connectivity index (χ4v) is 2.52. The van der Waals surface area contributed by atoms with E-state index in [4.69, 9.17) is 23.3 Å². The van der Waals surface area contributed by atoms with E-state index in [0.29, 0.717) is 16.6 Å². The minimum Gasteiger partial charge on any atom is -0.381 e. The molecule has 1 aromatic rings. The van der Waals surface area contributed by atoms with E-state index in [-0.39, 0.29) is 0 Å². The first kappa shape index (κ1) is 13.7. The fourth-order valence-electron chi connectivity index (χ4n) is 2.29. The van der Waals surface area contributed by atoms with Gasteiger partial charge in [-0.05, 0) is 31.0 Å². The molecule has 1 heterocycles. The van der Waals surface area contributed by atoms with Gasteiger partial charge in [0, 0.05) is 19.1 Å². The molecule has 0 saturated carbocycles. The molecule has 1 fully saturated rings. The Morgan fingerprint density at radius 1 is 1.42 bits per heavy atom. The van der Waals surface area contributed by atoms with E-state index >= 15 is 0 Å². The summed E-state index contributed by atoms with van der Waals surface area (Å²) in [5.74, 6) is 2.68. The number of hydrogen-bond donors (Lipinski definition) is 1. The summed E-state index contributed by atoms with van der Waals surface area (Å²) in [6, 6.07) is 7.84. The Labute approximate surface area is 119 Å². The molecule has 1 saturated heterocycles. The van der Waals surface area contributed by atoms with Crippen LogP contribution in [0.2, 0.25) is 5.02 Å². The third-order valence-corrected chi connectivity index (χ3v) is 3.67. The SMILES string of the molecule is C#CCN1CCC(Nc2ccc(C#N)cc2Cl)CC1. The number of rotatable bonds is 3. The maximum atomic E-state index is 8.80. The molecule has 0 spiro atoms. The smallest absolute Gasteiger partial charge is 0.0992 e. The number of nitriles is 1. The number of nitrogens with zero attached hydrogens (tertiary/aromatic N) is 2. The highest BCUT2D eigenvalue weighted by molar-refractivity contribution is 6.33. The van der Waals surface area contributed by atoms with Gasteiger partial charge in [0.25, 0.3) is 0 Å². The Kier molecular flexibility index (Phi) is 4.68. The van der Waals surface area contributed by atoms with Crippen molar-refractivity contribution < 1.29 is 0 Å². The second-order valence-corrected chi connectivity index (χ2v) is 5.11. The molecule has 19 heavy (non-hydrogen) atoms. The fraction of sp³-hybridized carbons (Fsp3) is 0.400. The molecular formula is C15H16ClN3. The highest BCUT2D eigenvalue weighted by atomic mass is 35.5. The molecule has 3 nitrogen and oxygen atoms in total. The van der Waals surface area contributed by atoms with E-state index < -0.39 is 0 Å². The van der Waals surface area contributed by atoms with Crippen LogP contribution in [-0.2, 0) is 0 Å². The van der Waals surface area contributed by atoms with Crippen molar-refractivity contribution in [2.45, 2.75) is 18.9 Å². The predicted octanol–water partition coefficient (Wildman–Crippen LogP) is 2.72. The molecule has 1 N–H and O–H groups in total. The average Bonchev–Trinajstić information content (AvgIpc) is 2.43. The average molecular weight is 274 g/mol. The zero-order valence-corrected chi connectivity index (χ0v) is 11.5. The monoisotopic (exact) mass is 273 g/mol. The summed E-state index contributed by atoms with van der Waals surface area (Å²) in [5, 5.41) is 12.8. The van der Waals surface area contributed by atoms with Crippen LogP contribution in [0.15, 0.2) is 18.2 Å². The lowest BCUT2D eigenvalue weighted by molar-refractivity contribution is 0.243. The number of benzene rings is 1. The van der Waals surface area contributed by atoms with Gasteiger partial charge in [0.15, 0.2) is 0 Å². The number of anilines is 1. The molecule has 4 heteroatoms. The molecule has 1 aliphatic rings. The Morgan fingerprint density at radius 3 is 2.74 bits per heavy atom. The number of piperidine rings is 1. The van der Waals surface area contributed by atoms with Crippen molar-refractivity contribution in [1.29, 1.82) is 5.26 Å². The summed E-state index contributed by atoms with van der Waals surface area (Å²) in [4.78, 5) is 2.28. The van der Waals surface area contributed by atoms with Gasteiger partial charge in [-0.25, -0.2) is 0 Å². The third-order valence-electron chi connectivity index (χ3n) is 3.36. The van der Waals surface area contributed by atoms with E-state index in [9.17, 15) is 0 Å². The first-order valence-corrected chi connectivity index (χ1v) is 6.72. The van der Waals surface area contributed by atoms with Crippen molar-refractivity contribution >= 4 is 17.3 Å². The zero-order chi connectivity index (χ0) is 13.7. The Hall–Kier alpha value is -1.68. The van der Waals surface area contributed by atoms with Crippen molar-refractivity contribution in [2.24, 2.45) is 0 Å². The largest absolute Gasteiger partial charge is 0.381 e. The van der Waals surface area contributed by atoms with Crippen molar-refractivity contribution in [1.82, 2.24) is 4.90 Å². The van der Waals surface area contributed by atoms with Crippen LogP contribution in [0.4, 0.5) is 5.69 Å². The van der Waals surface area contributed by atoms with Gasteiger partial charge in [0.2, 0.25) is 0 Å². The summed E-state index contributed by atoms with van der Waals surface area (Å²) < 4.78 is 0. The quantitative estimate of drug-likeness (QED) is 0.861. The highest BCUT2D eigenvalue weighted by Crippen LogP contribution is 2.25. The van der Waals surface area contributed by atoms with Crippen LogP contribution in [0, 0.1) is 23.7 Å². The van der Waals surface area contributed by atoms with Crippen LogP contribution in [-0.4, -0.2) is 30.6 Å². The van der Waals surface area contributed by atoms with Crippen molar-refractivity contribution in [2.75, 3.05) is 25.0 Å². The van der Waals surface area contributed by atoms with Gasteiger partial charge >= 0.3 is 0 Å². The van der Waals surface area contributed by atoms with Crippen molar-refractivity contribution in [3.8, 4) is 18.4 Å². The summed E-state index contributed by atoms with van der Waals surface area (Å²) in [6.45, 7) is 2.75. The van der Waals surface area contributed by atoms with Gasteiger partial charge in [-0.3, -0.25) is 4.90 Å². The highest BCUT2D eigenvalue weighted by Gasteiger charge is 2.18. The molecule has 2 rings (SSSR count). The predicted molar refractivity (Wildman–Crippen MR) is 78.1 cm³/mol. The van der Waals surface area contributed by atoms with Crippen LogP contribution >= 0.6 is 11.6 Å². The number of hydrogen-bond acceptors (Lipinski definition) is 3. The molecule has 1 aliphatic heterocycles. The van der Waals surface area contributed by atoms with Crippen LogP contribution in [0.1, 0.15) is 18.4 Å². The van der Waals surface area contributed by atoms with Crippen LogP contribution < -0.4 is 5.32 Å². The van der Waals surface area contributed by atoms with Gasteiger partial charge in [0.1, 0.15) is 0 Å². The second kappa shape index (κ2) is 6.48. The first-order valence-electron chi connectivity index (χ1n) is 6.35. The zero-order valence-electron chi connectivity index (χ0n) is 10.7. The van der Waals surface area contributed by atoms with E-state index in [2.05, 4.69) is 22.2 Å². The van der Waals surface area contributed by atoms with Crippen LogP contribution in [0.25, 0.3) is 0 Å². The maximum Gasteiger partial charge on any atom is 0.0992 e. The van der Waals surface area contributed by atoms with Gasteiger partial charge in [0.05, 0.1) is 28.9 Å². The Bertz CT molecular complexity index is 519. The third kappa shape index (κ3) is 3.64. The maximum absolute atomic E-state index is 8.80. The molecule has 0 amide bonds. The summed E-state index contributed by atoms with van der Waals surface area (Å²) in [7, 11) is 0. The minimum atomic E-state index is 0.416. The number of halogens is 1. The molecule has 0 radical (unpaired) electrons. The molecular weight excluding hydrogens is 258 g/mol. The molecule has 1 aromatic carbocycles. The van der Waals surface area contributed by atoms with Crippen molar-refractivity contribution in [3.05, 3.63) is 28.8 Å². The van der Waals surface area contributed by atoms with Gasteiger partial charge < -0.3 is 5.32 Å². The molecule has 0 unspecified atom stereocenters. The first-order chi connectivity index (χ1) is 9.22. The minimum absolute atomic E-state index is 0.416. The lowest BCUT2D eigenvalue weighted by atomic mass is 10.0. The normalized spacial score (nSPS) is 16.6. The topological polar surface area (TPSA) is 39.1 Å². The molecule has 98 valence electrons. The van der Waals surface area contributed by atoms with Crippen LogP contribution in [0.5, 0.6) is 0 Å². The van der Waals surface area contributed by atoms with E-state index in [0.717, 1.165) is 38.2 Å². The summed E-state index contributed by atoms with van der Waals surface area (Å²) in [6.07, 6.45) is 7.42. The van der Waals surface area contributed by atoms with Crippen molar-refractivity contribution in [3.63, 3.8) is 0 Å². The number of terminal acetylenes is 1. The Balaban J connectivity index is 1.93. The summed E-state index contributed by atoms with van der Waals surface area (Å²) in [5.41, 5.74) is 1.48. The van der Waals surface area contributed by atoms with E-state index in [1.165, 1.54) is 0 Å². The molecule has 0 atom stereocenters. The van der Waals surface area contributed by atoms with Crippen LogP contribution in [0.3, 0.4) is 0 Å². The molecule has 0 bridgehead atoms. The van der Waals surface area contributed by atoms with Gasteiger partial charge in [-0.2, -0.15) is 5.26 Å². The Morgan fingerprint density at radius 2 is 2.16 bits per heavy atom. The van der Waals surface area contributed by atoms with Gasteiger partial charge in [-0.15, -0.1) is 6.42 Å².